The van der Waals surface area contributed by atoms with Crippen molar-refractivity contribution in [3.8, 4) is 0 Å². The Morgan fingerprint density at radius 3 is 2.45 bits per heavy atom. The SMILES string of the molecule is CCCNc1nc(NCCc2ncno2)c(F)cc1F. The minimum absolute atomic E-state index is 0.00971. The highest BCUT2D eigenvalue weighted by Crippen LogP contribution is 2.18. The van der Waals surface area contributed by atoms with Gasteiger partial charge in [0.25, 0.3) is 0 Å². The van der Waals surface area contributed by atoms with Crippen molar-refractivity contribution >= 4 is 11.6 Å². The molecule has 2 heterocycles. The van der Waals surface area contributed by atoms with Crippen LogP contribution in [0.4, 0.5) is 20.4 Å². The Morgan fingerprint density at radius 1 is 1.15 bits per heavy atom. The summed E-state index contributed by atoms with van der Waals surface area (Å²) in [5.74, 6) is -0.990. The Bertz CT molecular complexity index is 547. The van der Waals surface area contributed by atoms with E-state index in [9.17, 15) is 8.78 Å². The zero-order valence-corrected chi connectivity index (χ0v) is 11.0. The van der Waals surface area contributed by atoms with Gasteiger partial charge in [-0.15, -0.1) is 0 Å². The summed E-state index contributed by atoms with van der Waals surface area (Å²) < 4.78 is 31.9. The molecule has 2 rings (SSSR count). The zero-order chi connectivity index (χ0) is 14.4. The molecule has 0 atom stereocenters. The van der Waals surface area contributed by atoms with Crippen LogP contribution in [0.5, 0.6) is 0 Å². The molecule has 0 aromatic carbocycles. The van der Waals surface area contributed by atoms with E-state index < -0.39 is 11.6 Å². The average molecular weight is 283 g/mol. The van der Waals surface area contributed by atoms with E-state index in [1.54, 1.807) is 0 Å². The maximum Gasteiger partial charge on any atom is 0.228 e. The van der Waals surface area contributed by atoms with Crippen molar-refractivity contribution in [3.63, 3.8) is 0 Å². The molecule has 0 saturated carbocycles. The molecule has 20 heavy (non-hydrogen) atoms. The summed E-state index contributed by atoms with van der Waals surface area (Å²) in [7, 11) is 0. The van der Waals surface area contributed by atoms with Gasteiger partial charge in [-0.1, -0.05) is 12.1 Å². The molecule has 0 radical (unpaired) electrons. The first kappa shape index (κ1) is 14.2. The smallest absolute Gasteiger partial charge is 0.228 e. The van der Waals surface area contributed by atoms with Crippen LogP contribution >= 0.6 is 0 Å². The maximum absolute atomic E-state index is 13.6. The largest absolute Gasteiger partial charge is 0.368 e. The van der Waals surface area contributed by atoms with Crippen molar-refractivity contribution in [2.24, 2.45) is 0 Å². The van der Waals surface area contributed by atoms with Gasteiger partial charge in [0, 0.05) is 25.6 Å². The van der Waals surface area contributed by atoms with Crippen molar-refractivity contribution in [1.29, 1.82) is 0 Å². The van der Waals surface area contributed by atoms with Crippen LogP contribution in [0.15, 0.2) is 16.9 Å². The van der Waals surface area contributed by atoms with Gasteiger partial charge in [-0.3, -0.25) is 0 Å². The maximum atomic E-state index is 13.6. The van der Waals surface area contributed by atoms with Crippen LogP contribution in [0.25, 0.3) is 0 Å². The Labute approximate surface area is 114 Å². The summed E-state index contributed by atoms with van der Waals surface area (Å²) >= 11 is 0. The lowest BCUT2D eigenvalue weighted by molar-refractivity contribution is 0.379. The van der Waals surface area contributed by atoms with Gasteiger partial charge in [-0.2, -0.15) is 4.98 Å². The third kappa shape index (κ3) is 3.62. The number of anilines is 2. The quantitative estimate of drug-likeness (QED) is 0.811. The molecule has 108 valence electrons. The minimum Gasteiger partial charge on any atom is -0.368 e. The van der Waals surface area contributed by atoms with Gasteiger partial charge >= 0.3 is 0 Å². The number of nitrogens with zero attached hydrogens (tertiary/aromatic N) is 3. The van der Waals surface area contributed by atoms with Crippen molar-refractivity contribution < 1.29 is 13.3 Å². The van der Waals surface area contributed by atoms with Crippen molar-refractivity contribution in [2.75, 3.05) is 23.7 Å². The number of aromatic nitrogens is 3. The fourth-order valence-electron chi connectivity index (χ4n) is 1.55. The number of hydrogen-bond donors (Lipinski definition) is 2. The van der Waals surface area contributed by atoms with Crippen molar-refractivity contribution in [2.45, 2.75) is 19.8 Å². The number of nitrogens with one attached hydrogen (secondary N) is 2. The Kier molecular flexibility index (Phi) is 4.80. The Hall–Kier alpha value is -2.25. The fourth-order valence-corrected chi connectivity index (χ4v) is 1.55. The third-order valence-electron chi connectivity index (χ3n) is 2.51. The van der Waals surface area contributed by atoms with E-state index in [0.29, 0.717) is 25.4 Å². The number of rotatable bonds is 7. The topological polar surface area (TPSA) is 75.9 Å². The first-order valence-electron chi connectivity index (χ1n) is 6.30. The van der Waals surface area contributed by atoms with Gasteiger partial charge < -0.3 is 15.2 Å². The molecule has 2 aromatic rings. The number of halogens is 2. The molecular weight excluding hydrogens is 268 g/mol. The van der Waals surface area contributed by atoms with E-state index in [1.807, 2.05) is 6.92 Å². The van der Waals surface area contributed by atoms with Crippen LogP contribution < -0.4 is 10.6 Å². The molecular formula is C12H15F2N5O. The highest BCUT2D eigenvalue weighted by Gasteiger charge is 2.11. The van der Waals surface area contributed by atoms with Crippen molar-refractivity contribution in [3.05, 3.63) is 29.9 Å². The summed E-state index contributed by atoms with van der Waals surface area (Å²) in [6.07, 6.45) is 2.54. The van der Waals surface area contributed by atoms with Crippen LogP contribution in [0.3, 0.4) is 0 Å². The van der Waals surface area contributed by atoms with Gasteiger partial charge in [0.1, 0.15) is 0 Å². The van der Waals surface area contributed by atoms with Crippen LogP contribution in [0.2, 0.25) is 0 Å². The summed E-state index contributed by atoms with van der Waals surface area (Å²) in [5, 5.41) is 9.04. The van der Waals surface area contributed by atoms with E-state index in [0.717, 1.165) is 12.5 Å². The highest BCUT2D eigenvalue weighted by atomic mass is 19.1. The van der Waals surface area contributed by atoms with E-state index >= 15 is 0 Å². The molecule has 0 bridgehead atoms. The number of pyridine rings is 1. The molecule has 2 aromatic heterocycles. The van der Waals surface area contributed by atoms with Crippen LogP contribution in [-0.4, -0.2) is 28.2 Å². The summed E-state index contributed by atoms with van der Waals surface area (Å²) in [6, 6.07) is 0.806. The predicted octanol–water partition coefficient (Wildman–Crippen LogP) is 2.22. The first-order valence-corrected chi connectivity index (χ1v) is 6.30. The zero-order valence-electron chi connectivity index (χ0n) is 11.0. The van der Waals surface area contributed by atoms with Gasteiger partial charge in [0.05, 0.1) is 0 Å². The lowest BCUT2D eigenvalue weighted by Gasteiger charge is -2.10. The van der Waals surface area contributed by atoms with E-state index in [2.05, 4.69) is 25.8 Å². The molecule has 0 unspecified atom stereocenters. The standard InChI is InChI=1S/C12H15F2N5O/c1-2-4-15-11-8(13)6-9(14)12(19-11)16-5-3-10-17-7-18-20-10/h6-7H,2-5H2,1H3,(H2,15,16,19). The molecule has 0 aliphatic rings. The monoisotopic (exact) mass is 283 g/mol. The summed E-state index contributed by atoms with van der Waals surface area (Å²) in [4.78, 5) is 7.73. The minimum atomic E-state index is -0.741. The lowest BCUT2D eigenvalue weighted by atomic mass is 10.3. The average Bonchev–Trinajstić information content (AvgIpc) is 2.93. The molecule has 0 amide bonds. The van der Waals surface area contributed by atoms with Gasteiger partial charge in [-0.25, -0.2) is 13.8 Å². The van der Waals surface area contributed by atoms with Crippen LogP contribution in [0, 0.1) is 11.6 Å². The molecule has 6 nitrogen and oxygen atoms in total. The van der Waals surface area contributed by atoms with Crippen LogP contribution in [0.1, 0.15) is 19.2 Å². The highest BCUT2D eigenvalue weighted by molar-refractivity contribution is 5.47. The second-order valence-electron chi connectivity index (χ2n) is 4.09. The van der Waals surface area contributed by atoms with Gasteiger partial charge in [-0.05, 0) is 6.42 Å². The normalized spacial score (nSPS) is 10.6. The summed E-state index contributed by atoms with van der Waals surface area (Å²) in [6.45, 7) is 2.86. The van der Waals surface area contributed by atoms with E-state index in [-0.39, 0.29) is 11.6 Å². The Balaban J connectivity index is 1.99. The fraction of sp³-hybridized carbons (Fsp3) is 0.417. The molecule has 0 aliphatic carbocycles. The molecule has 2 N–H and O–H groups in total. The predicted molar refractivity (Wildman–Crippen MR) is 69.4 cm³/mol. The van der Waals surface area contributed by atoms with E-state index in [4.69, 9.17) is 4.52 Å². The molecule has 0 saturated heterocycles. The second-order valence-corrected chi connectivity index (χ2v) is 4.09. The molecule has 0 aliphatic heterocycles. The molecule has 0 fully saturated rings. The van der Waals surface area contributed by atoms with Crippen molar-refractivity contribution in [1.82, 2.24) is 15.1 Å². The number of hydrogen-bond acceptors (Lipinski definition) is 6. The first-order chi connectivity index (χ1) is 9.70. The molecule has 8 heteroatoms. The summed E-state index contributed by atoms with van der Waals surface area (Å²) in [5.41, 5.74) is 0. The van der Waals surface area contributed by atoms with Crippen LogP contribution in [-0.2, 0) is 6.42 Å². The third-order valence-corrected chi connectivity index (χ3v) is 2.51. The van der Waals surface area contributed by atoms with E-state index in [1.165, 1.54) is 6.33 Å². The molecule has 0 spiro atoms. The van der Waals surface area contributed by atoms with Gasteiger partial charge in [0.2, 0.25) is 5.89 Å². The Morgan fingerprint density at radius 2 is 1.85 bits per heavy atom. The second kappa shape index (κ2) is 6.78. The van der Waals surface area contributed by atoms with Gasteiger partial charge in [0.15, 0.2) is 29.6 Å². The lowest BCUT2D eigenvalue weighted by Crippen LogP contribution is -2.11.